The predicted octanol–water partition coefficient (Wildman–Crippen LogP) is 4.97. The van der Waals surface area contributed by atoms with Gasteiger partial charge in [-0.3, -0.25) is 0 Å². The summed E-state index contributed by atoms with van der Waals surface area (Å²) in [5, 5.41) is 4.48. The third-order valence-electron chi connectivity index (χ3n) is 3.79. The van der Waals surface area contributed by atoms with Crippen LogP contribution in [0.2, 0.25) is 0 Å². The summed E-state index contributed by atoms with van der Waals surface area (Å²) >= 11 is 1.72. The topological polar surface area (TPSA) is 12.0 Å². The highest BCUT2D eigenvalue weighted by Crippen LogP contribution is 2.35. The molecule has 1 N–H and O–H groups in total. The van der Waals surface area contributed by atoms with Crippen LogP contribution in [0.25, 0.3) is 10.1 Å². The third-order valence-corrected chi connectivity index (χ3v) is 4.97. The molecule has 0 aliphatic heterocycles. The first-order valence-corrected chi connectivity index (χ1v) is 7.84. The van der Waals surface area contributed by atoms with E-state index >= 15 is 0 Å². The minimum absolute atomic E-state index is 0.108. The number of rotatable bonds is 3. The molecule has 0 fully saturated rings. The fraction of sp³-hybridized carbons (Fsp3) is 0.222. The van der Waals surface area contributed by atoms with E-state index in [0.717, 1.165) is 21.6 Å². The maximum Gasteiger partial charge on any atom is 0.128 e. The molecule has 1 aromatic heterocycles. The quantitative estimate of drug-likeness (QED) is 0.720. The molecule has 3 rings (SSSR count). The van der Waals surface area contributed by atoms with Gasteiger partial charge in [0.2, 0.25) is 0 Å². The van der Waals surface area contributed by atoms with Crippen LogP contribution in [0.3, 0.4) is 0 Å². The van der Waals surface area contributed by atoms with E-state index in [-0.39, 0.29) is 11.9 Å². The van der Waals surface area contributed by atoms with Gasteiger partial charge in [0.15, 0.2) is 0 Å². The Bertz CT molecular complexity index is 735. The monoisotopic (exact) mass is 299 g/mol. The Morgan fingerprint density at radius 2 is 1.86 bits per heavy atom. The molecule has 1 nitrogen and oxygen atoms in total. The van der Waals surface area contributed by atoms with Gasteiger partial charge in [-0.25, -0.2) is 4.39 Å². The fourth-order valence-electron chi connectivity index (χ4n) is 2.87. The zero-order valence-corrected chi connectivity index (χ0v) is 13.2. The number of hydrogen-bond donors (Lipinski definition) is 1. The molecule has 108 valence electrons. The highest BCUT2D eigenvalue weighted by atomic mass is 32.1. The number of nitrogens with one attached hydrogen (secondary N) is 1. The van der Waals surface area contributed by atoms with Crippen molar-refractivity contribution in [3.63, 3.8) is 0 Å². The van der Waals surface area contributed by atoms with Crippen LogP contribution in [0.1, 0.15) is 27.6 Å². The molecule has 3 heteroatoms. The summed E-state index contributed by atoms with van der Waals surface area (Å²) in [5.41, 5.74) is 2.69. The Kier molecular flexibility index (Phi) is 3.79. The molecule has 0 spiro atoms. The van der Waals surface area contributed by atoms with Crippen LogP contribution in [0.4, 0.5) is 4.39 Å². The van der Waals surface area contributed by atoms with Crippen molar-refractivity contribution < 1.29 is 4.39 Å². The van der Waals surface area contributed by atoms with Gasteiger partial charge < -0.3 is 5.32 Å². The van der Waals surface area contributed by atoms with Gasteiger partial charge in [0.05, 0.1) is 6.04 Å². The van der Waals surface area contributed by atoms with E-state index in [1.807, 2.05) is 39.1 Å². The minimum Gasteiger partial charge on any atom is -0.309 e. The summed E-state index contributed by atoms with van der Waals surface area (Å²) in [6.07, 6.45) is 0. The first-order valence-electron chi connectivity index (χ1n) is 7.02. The second kappa shape index (κ2) is 5.58. The lowest BCUT2D eigenvalue weighted by Crippen LogP contribution is -2.19. The Morgan fingerprint density at radius 1 is 1.10 bits per heavy atom. The Morgan fingerprint density at radius 3 is 2.52 bits per heavy atom. The van der Waals surface area contributed by atoms with Crippen LogP contribution < -0.4 is 5.32 Å². The standard InChI is InChI=1S/C18H18FNS/c1-11-8-12(2)17(14(19)9-11)18(20-3)16-10-13-6-4-5-7-15(13)21-16/h4-10,18,20H,1-3H3. The highest BCUT2D eigenvalue weighted by molar-refractivity contribution is 7.19. The molecule has 3 aromatic rings. The molecule has 0 aliphatic carbocycles. The Balaban J connectivity index is 2.14. The Labute approximate surface area is 128 Å². The molecule has 0 saturated carbocycles. The lowest BCUT2D eigenvalue weighted by Gasteiger charge is -2.19. The number of hydrogen-bond acceptors (Lipinski definition) is 2. The van der Waals surface area contributed by atoms with E-state index in [0.29, 0.717) is 0 Å². The first-order chi connectivity index (χ1) is 10.1. The van der Waals surface area contributed by atoms with E-state index < -0.39 is 0 Å². The maximum absolute atomic E-state index is 14.5. The summed E-state index contributed by atoms with van der Waals surface area (Å²) in [6.45, 7) is 3.90. The van der Waals surface area contributed by atoms with Crippen molar-refractivity contribution in [2.75, 3.05) is 7.05 Å². The number of thiophene rings is 1. The van der Waals surface area contributed by atoms with Gasteiger partial charge in [-0.05, 0) is 55.6 Å². The molecule has 1 atom stereocenters. The molecule has 2 aromatic carbocycles. The van der Waals surface area contributed by atoms with Gasteiger partial charge in [-0.1, -0.05) is 24.3 Å². The second-order valence-electron chi connectivity index (χ2n) is 5.39. The van der Waals surface area contributed by atoms with E-state index in [4.69, 9.17) is 0 Å². The molecule has 0 bridgehead atoms. The van der Waals surface area contributed by atoms with Crippen LogP contribution in [0.15, 0.2) is 42.5 Å². The zero-order chi connectivity index (χ0) is 15.0. The maximum atomic E-state index is 14.5. The molecular formula is C18H18FNS. The largest absolute Gasteiger partial charge is 0.309 e. The third kappa shape index (κ3) is 2.59. The van der Waals surface area contributed by atoms with Gasteiger partial charge >= 0.3 is 0 Å². The van der Waals surface area contributed by atoms with Crippen molar-refractivity contribution in [3.8, 4) is 0 Å². The van der Waals surface area contributed by atoms with Crippen LogP contribution in [0.5, 0.6) is 0 Å². The second-order valence-corrected chi connectivity index (χ2v) is 6.50. The number of benzene rings is 2. The van der Waals surface area contributed by atoms with E-state index in [2.05, 4.69) is 23.5 Å². The molecule has 21 heavy (non-hydrogen) atoms. The van der Waals surface area contributed by atoms with Crippen LogP contribution >= 0.6 is 11.3 Å². The number of fused-ring (bicyclic) bond motifs is 1. The molecule has 0 amide bonds. The van der Waals surface area contributed by atoms with Gasteiger partial charge in [-0.2, -0.15) is 0 Å². The Hall–Kier alpha value is -1.71. The zero-order valence-electron chi connectivity index (χ0n) is 12.4. The number of halogens is 1. The van der Waals surface area contributed by atoms with Crippen molar-refractivity contribution in [1.29, 1.82) is 0 Å². The summed E-state index contributed by atoms with van der Waals surface area (Å²) in [6, 6.07) is 14.0. The average Bonchev–Trinajstić information content (AvgIpc) is 2.85. The summed E-state index contributed by atoms with van der Waals surface area (Å²) in [5.74, 6) is -0.135. The highest BCUT2D eigenvalue weighted by Gasteiger charge is 2.20. The predicted molar refractivity (Wildman–Crippen MR) is 88.6 cm³/mol. The van der Waals surface area contributed by atoms with Gasteiger partial charge in [-0.15, -0.1) is 11.3 Å². The average molecular weight is 299 g/mol. The lowest BCUT2D eigenvalue weighted by atomic mass is 9.97. The van der Waals surface area contributed by atoms with E-state index in [9.17, 15) is 4.39 Å². The van der Waals surface area contributed by atoms with Crippen molar-refractivity contribution in [2.45, 2.75) is 19.9 Å². The first kappa shape index (κ1) is 14.2. The molecule has 1 unspecified atom stereocenters. The SMILES string of the molecule is CNC(c1cc2ccccc2s1)c1c(C)cc(C)cc1F. The minimum atomic E-state index is -0.135. The molecule has 1 heterocycles. The van der Waals surface area contributed by atoms with Crippen molar-refractivity contribution in [1.82, 2.24) is 5.32 Å². The summed E-state index contributed by atoms with van der Waals surface area (Å²) < 4.78 is 15.7. The van der Waals surface area contributed by atoms with E-state index in [1.165, 1.54) is 10.1 Å². The van der Waals surface area contributed by atoms with Crippen LogP contribution in [-0.2, 0) is 0 Å². The smallest absolute Gasteiger partial charge is 0.128 e. The normalized spacial score (nSPS) is 12.8. The van der Waals surface area contributed by atoms with Crippen molar-refractivity contribution >= 4 is 21.4 Å². The molecule has 0 saturated heterocycles. The van der Waals surface area contributed by atoms with Crippen molar-refractivity contribution in [3.05, 3.63) is 69.8 Å². The van der Waals surface area contributed by atoms with Crippen LogP contribution in [-0.4, -0.2) is 7.05 Å². The number of aryl methyl sites for hydroxylation is 2. The summed E-state index contributed by atoms with van der Waals surface area (Å²) in [7, 11) is 1.88. The van der Waals surface area contributed by atoms with Crippen molar-refractivity contribution in [2.24, 2.45) is 0 Å². The molecule has 0 aliphatic rings. The summed E-state index contributed by atoms with van der Waals surface area (Å²) in [4.78, 5) is 1.14. The van der Waals surface area contributed by atoms with Gasteiger partial charge in [0, 0.05) is 15.1 Å². The van der Waals surface area contributed by atoms with Crippen LogP contribution in [0, 0.1) is 19.7 Å². The lowest BCUT2D eigenvalue weighted by molar-refractivity contribution is 0.575. The van der Waals surface area contributed by atoms with Gasteiger partial charge in [0.25, 0.3) is 0 Å². The molecule has 0 radical (unpaired) electrons. The molecular weight excluding hydrogens is 281 g/mol. The van der Waals surface area contributed by atoms with E-state index in [1.54, 1.807) is 17.4 Å². The fourth-order valence-corrected chi connectivity index (χ4v) is 4.05. The van der Waals surface area contributed by atoms with Gasteiger partial charge in [0.1, 0.15) is 5.82 Å².